The zero-order valence-corrected chi connectivity index (χ0v) is 19.5. The van der Waals surface area contributed by atoms with Gasteiger partial charge in [-0.15, -0.1) is 24.0 Å². The van der Waals surface area contributed by atoms with Crippen LogP contribution < -0.4 is 10.2 Å². The minimum absolute atomic E-state index is 0. The lowest BCUT2D eigenvalue weighted by molar-refractivity contribution is 0.146. The monoisotopic (exact) mass is 513 g/mol. The van der Waals surface area contributed by atoms with Crippen molar-refractivity contribution < 1.29 is 9.15 Å². The highest BCUT2D eigenvalue weighted by Crippen LogP contribution is 2.12. The molecule has 0 unspecified atom stereocenters. The van der Waals surface area contributed by atoms with Crippen molar-refractivity contribution in [3.63, 3.8) is 0 Å². The van der Waals surface area contributed by atoms with Crippen LogP contribution in [0.4, 0.5) is 5.82 Å². The van der Waals surface area contributed by atoms with E-state index in [-0.39, 0.29) is 24.0 Å². The van der Waals surface area contributed by atoms with Crippen molar-refractivity contribution in [2.45, 2.75) is 19.8 Å². The van der Waals surface area contributed by atoms with E-state index in [1.165, 1.54) is 0 Å². The molecule has 2 aromatic heterocycles. The van der Waals surface area contributed by atoms with Crippen LogP contribution in [0, 0.1) is 0 Å². The lowest BCUT2D eigenvalue weighted by Gasteiger charge is -2.37. The molecule has 0 aliphatic carbocycles. The van der Waals surface area contributed by atoms with Crippen LogP contribution in [0.5, 0.6) is 0 Å². The summed E-state index contributed by atoms with van der Waals surface area (Å²) in [5.41, 5.74) is 0. The minimum atomic E-state index is 0. The Morgan fingerprint density at radius 1 is 1.21 bits per heavy atom. The molecule has 0 spiro atoms. The van der Waals surface area contributed by atoms with Crippen LogP contribution in [0.3, 0.4) is 0 Å². The predicted octanol–water partition coefficient (Wildman–Crippen LogP) is 3.03. The number of piperazine rings is 1. The normalized spacial score (nSPS) is 14.6. The van der Waals surface area contributed by atoms with Gasteiger partial charge in [0.25, 0.3) is 0 Å². The maximum Gasteiger partial charge on any atom is 0.194 e. The van der Waals surface area contributed by atoms with Crippen molar-refractivity contribution >= 4 is 35.8 Å². The SMILES string of the molecule is CCOCCCN=C(NCCc1ccco1)N1CCN(c2ccccn2)CC1.I. The number of anilines is 1. The summed E-state index contributed by atoms with van der Waals surface area (Å²) >= 11 is 0. The van der Waals surface area contributed by atoms with E-state index < -0.39 is 0 Å². The Bertz CT molecular complexity index is 688. The van der Waals surface area contributed by atoms with Crippen molar-refractivity contribution in [2.24, 2.45) is 4.99 Å². The molecule has 0 atom stereocenters. The van der Waals surface area contributed by atoms with Crippen LogP contribution in [-0.4, -0.2) is 68.3 Å². The number of hydrogen-bond donors (Lipinski definition) is 1. The third-order valence-electron chi connectivity index (χ3n) is 4.70. The number of guanidine groups is 1. The molecule has 8 heteroatoms. The van der Waals surface area contributed by atoms with Gasteiger partial charge < -0.3 is 24.3 Å². The fourth-order valence-corrected chi connectivity index (χ4v) is 3.20. The molecule has 29 heavy (non-hydrogen) atoms. The molecule has 160 valence electrons. The Labute approximate surface area is 190 Å². The first kappa shape index (κ1) is 23.5. The maximum atomic E-state index is 5.43. The van der Waals surface area contributed by atoms with E-state index in [4.69, 9.17) is 14.1 Å². The molecule has 0 bridgehead atoms. The maximum absolute atomic E-state index is 5.43. The quantitative estimate of drug-likeness (QED) is 0.241. The number of nitrogens with zero attached hydrogens (tertiary/aromatic N) is 4. The van der Waals surface area contributed by atoms with Gasteiger partial charge in [-0.2, -0.15) is 0 Å². The second kappa shape index (κ2) is 13.4. The molecule has 1 saturated heterocycles. The second-order valence-electron chi connectivity index (χ2n) is 6.67. The Balaban J connectivity index is 0.00000300. The fraction of sp³-hybridized carbons (Fsp3) is 0.524. The highest BCUT2D eigenvalue weighted by Gasteiger charge is 2.20. The molecule has 1 fully saturated rings. The van der Waals surface area contributed by atoms with Gasteiger partial charge in [-0.25, -0.2) is 4.98 Å². The number of nitrogens with one attached hydrogen (secondary N) is 1. The van der Waals surface area contributed by atoms with E-state index in [1.54, 1.807) is 6.26 Å². The van der Waals surface area contributed by atoms with Crippen LogP contribution in [0.1, 0.15) is 19.1 Å². The molecule has 2 aromatic rings. The first-order valence-electron chi connectivity index (χ1n) is 10.2. The molecule has 0 saturated carbocycles. The Hall–Kier alpha value is -1.81. The van der Waals surface area contributed by atoms with Crippen LogP contribution in [0.25, 0.3) is 0 Å². The number of hydrogen-bond acceptors (Lipinski definition) is 5. The molecule has 1 N–H and O–H groups in total. The van der Waals surface area contributed by atoms with E-state index >= 15 is 0 Å². The van der Waals surface area contributed by atoms with Crippen molar-refractivity contribution in [3.8, 4) is 0 Å². The highest BCUT2D eigenvalue weighted by molar-refractivity contribution is 14.0. The third-order valence-corrected chi connectivity index (χ3v) is 4.70. The molecular formula is C21H32IN5O2. The summed E-state index contributed by atoms with van der Waals surface area (Å²) in [7, 11) is 0. The van der Waals surface area contributed by atoms with Crippen LogP contribution in [0.15, 0.2) is 52.2 Å². The van der Waals surface area contributed by atoms with Crippen molar-refractivity contribution in [3.05, 3.63) is 48.6 Å². The van der Waals surface area contributed by atoms with Crippen molar-refractivity contribution in [1.29, 1.82) is 0 Å². The van der Waals surface area contributed by atoms with Gasteiger partial charge in [-0.05, 0) is 37.6 Å². The standard InChI is InChI=1S/C21H31N5O2.HI/c1-2-27-17-6-11-23-21(24-12-9-19-7-5-18-28-19)26-15-13-25(14-16-26)20-8-3-4-10-22-20;/h3-5,7-8,10,18H,2,6,9,11-17H2,1H3,(H,23,24);1H. The smallest absolute Gasteiger partial charge is 0.194 e. The largest absolute Gasteiger partial charge is 0.469 e. The number of ether oxygens (including phenoxy) is 1. The highest BCUT2D eigenvalue weighted by atomic mass is 127. The van der Waals surface area contributed by atoms with Gasteiger partial charge >= 0.3 is 0 Å². The zero-order chi connectivity index (χ0) is 19.4. The van der Waals surface area contributed by atoms with E-state index in [9.17, 15) is 0 Å². The van der Waals surface area contributed by atoms with Crippen LogP contribution in [0.2, 0.25) is 0 Å². The average molecular weight is 513 g/mol. The molecule has 3 heterocycles. The molecule has 0 amide bonds. The molecule has 3 rings (SSSR count). The summed E-state index contributed by atoms with van der Waals surface area (Å²) in [6, 6.07) is 9.99. The lowest BCUT2D eigenvalue weighted by atomic mass is 10.3. The third kappa shape index (κ3) is 7.85. The molecule has 1 aliphatic rings. The summed E-state index contributed by atoms with van der Waals surface area (Å²) in [5, 5.41) is 3.51. The van der Waals surface area contributed by atoms with Crippen molar-refractivity contribution in [1.82, 2.24) is 15.2 Å². The molecule has 0 radical (unpaired) electrons. The summed E-state index contributed by atoms with van der Waals surface area (Å²) < 4.78 is 10.9. The fourth-order valence-electron chi connectivity index (χ4n) is 3.20. The number of furan rings is 1. The van der Waals surface area contributed by atoms with Gasteiger partial charge in [0.1, 0.15) is 11.6 Å². The number of aromatic nitrogens is 1. The van der Waals surface area contributed by atoms with Gasteiger partial charge in [-0.3, -0.25) is 4.99 Å². The Morgan fingerprint density at radius 3 is 2.76 bits per heavy atom. The van der Waals surface area contributed by atoms with E-state index in [2.05, 4.69) is 26.2 Å². The molecule has 1 aliphatic heterocycles. The Morgan fingerprint density at radius 2 is 2.07 bits per heavy atom. The molecular weight excluding hydrogens is 481 g/mol. The van der Waals surface area contributed by atoms with Gasteiger partial charge in [0.2, 0.25) is 0 Å². The van der Waals surface area contributed by atoms with Gasteiger partial charge in [0, 0.05) is 65.1 Å². The van der Waals surface area contributed by atoms with Crippen molar-refractivity contribution in [2.75, 3.05) is 57.4 Å². The topological polar surface area (TPSA) is 66.1 Å². The van der Waals surface area contributed by atoms with Gasteiger partial charge in [0.15, 0.2) is 5.96 Å². The van der Waals surface area contributed by atoms with Crippen LogP contribution in [-0.2, 0) is 11.2 Å². The number of rotatable bonds is 9. The lowest BCUT2D eigenvalue weighted by Crippen LogP contribution is -2.53. The predicted molar refractivity (Wildman–Crippen MR) is 127 cm³/mol. The molecule has 7 nitrogen and oxygen atoms in total. The summed E-state index contributed by atoms with van der Waals surface area (Å²) in [4.78, 5) is 13.9. The average Bonchev–Trinajstić information content (AvgIpc) is 3.27. The second-order valence-corrected chi connectivity index (χ2v) is 6.67. The zero-order valence-electron chi connectivity index (χ0n) is 17.1. The summed E-state index contributed by atoms with van der Waals surface area (Å²) in [6.45, 7) is 8.83. The first-order valence-corrected chi connectivity index (χ1v) is 10.2. The summed E-state index contributed by atoms with van der Waals surface area (Å²) in [6.07, 6.45) is 5.35. The van der Waals surface area contributed by atoms with Crippen LogP contribution >= 0.6 is 24.0 Å². The molecule has 0 aromatic carbocycles. The first-order chi connectivity index (χ1) is 13.9. The van der Waals surface area contributed by atoms with E-state index in [0.29, 0.717) is 0 Å². The summed E-state index contributed by atoms with van der Waals surface area (Å²) in [5.74, 6) is 3.01. The van der Waals surface area contributed by atoms with E-state index in [1.807, 2.05) is 37.4 Å². The Kier molecular flexibility index (Phi) is 10.9. The van der Waals surface area contributed by atoms with Gasteiger partial charge in [-0.1, -0.05) is 6.07 Å². The number of halogens is 1. The van der Waals surface area contributed by atoms with E-state index in [0.717, 1.165) is 82.9 Å². The minimum Gasteiger partial charge on any atom is -0.469 e. The van der Waals surface area contributed by atoms with Gasteiger partial charge in [0.05, 0.1) is 6.26 Å². The number of pyridine rings is 1. The number of aliphatic imine (C=N–C) groups is 1.